The average molecular weight is 183 g/mol. The molecule has 0 fully saturated rings. The third-order valence-corrected chi connectivity index (χ3v) is 2.72. The molecule has 0 atom stereocenters. The molecule has 0 spiro atoms. The fraction of sp³-hybridized carbons (Fsp3) is 0.286. The average Bonchev–Trinajstić information content (AvgIpc) is 2.27. The summed E-state index contributed by atoms with van der Waals surface area (Å²) in [5.41, 5.74) is 2.73. The summed E-state index contributed by atoms with van der Waals surface area (Å²) in [5, 5.41) is 2.70. The lowest BCUT2D eigenvalue weighted by Crippen LogP contribution is -1.86. The summed E-state index contributed by atoms with van der Waals surface area (Å²) in [5.74, 6) is 0. The normalized spacial score (nSPS) is 10.7. The Morgan fingerprint density at radius 3 is 2.64 bits per heavy atom. The van der Waals surface area contributed by atoms with Crippen LogP contribution in [-0.2, 0) is 12.8 Å². The predicted molar refractivity (Wildman–Crippen MR) is 61.5 cm³/mol. The van der Waals surface area contributed by atoms with Crippen LogP contribution in [0.25, 0.3) is 10.8 Å². The van der Waals surface area contributed by atoms with Gasteiger partial charge in [-0.25, -0.2) is 0 Å². The molecule has 0 heterocycles. The first-order valence-corrected chi connectivity index (χ1v) is 5.27. The Kier molecular flexibility index (Phi) is 2.53. The van der Waals surface area contributed by atoms with Gasteiger partial charge in [-0.1, -0.05) is 44.2 Å². The summed E-state index contributed by atoms with van der Waals surface area (Å²) in [6, 6.07) is 14.2. The molecule has 0 saturated carbocycles. The van der Waals surface area contributed by atoms with Crippen LogP contribution < -0.4 is 0 Å². The van der Waals surface area contributed by atoms with Gasteiger partial charge in [0, 0.05) is 0 Å². The minimum absolute atomic E-state index is 1.06. The summed E-state index contributed by atoms with van der Waals surface area (Å²) in [4.78, 5) is 0. The standard InChI is InChI=1S/C14H15/c1-3-11-8-9-14-12(4-2)6-5-7-13(14)10-11/h5,7-10H,3-4H2,1-2H3. The van der Waals surface area contributed by atoms with Crippen LogP contribution in [0.3, 0.4) is 0 Å². The molecule has 71 valence electrons. The molecule has 0 aliphatic rings. The van der Waals surface area contributed by atoms with Crippen molar-refractivity contribution < 1.29 is 0 Å². The van der Waals surface area contributed by atoms with E-state index in [1.165, 1.54) is 21.9 Å². The van der Waals surface area contributed by atoms with Crippen molar-refractivity contribution in [1.29, 1.82) is 0 Å². The molecule has 0 N–H and O–H groups in total. The Morgan fingerprint density at radius 1 is 1.07 bits per heavy atom. The second kappa shape index (κ2) is 3.83. The molecule has 0 amide bonds. The zero-order chi connectivity index (χ0) is 9.97. The Hall–Kier alpha value is -1.30. The number of aryl methyl sites for hydroxylation is 2. The van der Waals surface area contributed by atoms with Crippen LogP contribution in [0.15, 0.2) is 30.3 Å². The molecule has 0 aromatic heterocycles. The molecule has 0 unspecified atom stereocenters. The smallest absolute Gasteiger partial charge is 0.0143 e. The monoisotopic (exact) mass is 183 g/mol. The first-order valence-electron chi connectivity index (χ1n) is 5.27. The second-order valence-corrected chi connectivity index (χ2v) is 3.58. The highest BCUT2D eigenvalue weighted by atomic mass is 14.0. The van der Waals surface area contributed by atoms with Crippen LogP contribution in [0, 0.1) is 6.07 Å². The summed E-state index contributed by atoms with van der Waals surface area (Å²) in [7, 11) is 0. The van der Waals surface area contributed by atoms with Crippen LogP contribution in [0.4, 0.5) is 0 Å². The van der Waals surface area contributed by atoms with Crippen LogP contribution >= 0.6 is 0 Å². The van der Waals surface area contributed by atoms with Crippen molar-refractivity contribution in [3.05, 3.63) is 47.5 Å². The van der Waals surface area contributed by atoms with E-state index in [0.29, 0.717) is 0 Å². The fourth-order valence-electron chi connectivity index (χ4n) is 1.85. The molecule has 0 aliphatic heterocycles. The SMILES string of the molecule is CCc1ccc2c(CC)[c]ccc2c1. The minimum Gasteiger partial charge on any atom is -0.0613 e. The van der Waals surface area contributed by atoms with Crippen LogP contribution in [0.5, 0.6) is 0 Å². The van der Waals surface area contributed by atoms with Crippen LogP contribution in [-0.4, -0.2) is 0 Å². The van der Waals surface area contributed by atoms with Crippen molar-refractivity contribution in [3.63, 3.8) is 0 Å². The van der Waals surface area contributed by atoms with E-state index in [-0.39, 0.29) is 0 Å². The van der Waals surface area contributed by atoms with Gasteiger partial charge in [0.1, 0.15) is 0 Å². The van der Waals surface area contributed by atoms with E-state index in [9.17, 15) is 0 Å². The van der Waals surface area contributed by atoms with Crippen molar-refractivity contribution in [2.45, 2.75) is 26.7 Å². The van der Waals surface area contributed by atoms with Gasteiger partial charge in [0.25, 0.3) is 0 Å². The van der Waals surface area contributed by atoms with Crippen LogP contribution in [0.1, 0.15) is 25.0 Å². The highest BCUT2D eigenvalue weighted by Crippen LogP contribution is 2.20. The third-order valence-electron chi connectivity index (χ3n) is 2.72. The molecule has 0 saturated heterocycles. The number of benzene rings is 2. The van der Waals surface area contributed by atoms with Crippen molar-refractivity contribution in [2.75, 3.05) is 0 Å². The molecule has 14 heavy (non-hydrogen) atoms. The molecule has 2 aromatic rings. The van der Waals surface area contributed by atoms with E-state index in [1.807, 2.05) is 6.07 Å². The number of rotatable bonds is 2. The molecule has 0 aliphatic carbocycles. The van der Waals surface area contributed by atoms with Crippen LogP contribution in [0.2, 0.25) is 0 Å². The number of hydrogen-bond acceptors (Lipinski definition) is 0. The van der Waals surface area contributed by atoms with E-state index < -0.39 is 0 Å². The van der Waals surface area contributed by atoms with Gasteiger partial charge in [-0.3, -0.25) is 0 Å². The zero-order valence-electron chi connectivity index (χ0n) is 8.80. The first-order chi connectivity index (χ1) is 6.85. The molecule has 0 heteroatoms. The number of hydrogen-bond donors (Lipinski definition) is 0. The molecular formula is C14H15. The lowest BCUT2D eigenvalue weighted by molar-refractivity contribution is 1.14. The van der Waals surface area contributed by atoms with E-state index in [0.717, 1.165) is 12.8 Å². The maximum Gasteiger partial charge on any atom is -0.0143 e. The number of fused-ring (bicyclic) bond motifs is 1. The van der Waals surface area contributed by atoms with Gasteiger partial charge < -0.3 is 0 Å². The summed E-state index contributed by atoms with van der Waals surface area (Å²) >= 11 is 0. The van der Waals surface area contributed by atoms with Crippen molar-refractivity contribution in [3.8, 4) is 0 Å². The van der Waals surface area contributed by atoms with Gasteiger partial charge in [0.2, 0.25) is 0 Å². The Morgan fingerprint density at radius 2 is 1.93 bits per heavy atom. The molecule has 0 bridgehead atoms. The molecular weight excluding hydrogens is 168 g/mol. The highest BCUT2D eigenvalue weighted by molar-refractivity contribution is 5.86. The van der Waals surface area contributed by atoms with Gasteiger partial charge >= 0.3 is 0 Å². The molecule has 1 radical (unpaired) electrons. The molecule has 2 aromatic carbocycles. The van der Waals surface area contributed by atoms with Gasteiger partial charge in [-0.2, -0.15) is 0 Å². The largest absolute Gasteiger partial charge is 0.0613 e. The Labute approximate surface area is 85.6 Å². The quantitative estimate of drug-likeness (QED) is 0.665. The van der Waals surface area contributed by atoms with E-state index in [1.54, 1.807) is 0 Å². The Bertz CT molecular complexity index is 441. The van der Waals surface area contributed by atoms with Gasteiger partial charge in [0.15, 0.2) is 0 Å². The maximum atomic E-state index is 3.30. The van der Waals surface area contributed by atoms with Gasteiger partial charge in [0.05, 0.1) is 0 Å². The Balaban J connectivity index is 2.67. The predicted octanol–water partition coefficient (Wildman–Crippen LogP) is 3.76. The minimum atomic E-state index is 1.06. The van der Waals surface area contributed by atoms with Crippen molar-refractivity contribution in [1.82, 2.24) is 0 Å². The zero-order valence-corrected chi connectivity index (χ0v) is 8.80. The van der Waals surface area contributed by atoms with Crippen molar-refractivity contribution >= 4 is 10.8 Å². The highest BCUT2D eigenvalue weighted by Gasteiger charge is 1.99. The van der Waals surface area contributed by atoms with Crippen molar-refractivity contribution in [2.24, 2.45) is 0 Å². The van der Waals surface area contributed by atoms with E-state index in [4.69, 9.17) is 0 Å². The van der Waals surface area contributed by atoms with Gasteiger partial charge in [-0.05, 0) is 40.8 Å². The first kappa shape index (κ1) is 9.26. The second-order valence-electron chi connectivity index (χ2n) is 3.58. The molecule has 2 rings (SSSR count). The summed E-state index contributed by atoms with van der Waals surface area (Å²) < 4.78 is 0. The van der Waals surface area contributed by atoms with E-state index in [2.05, 4.69) is 44.2 Å². The summed E-state index contributed by atoms with van der Waals surface area (Å²) in [6.07, 6.45) is 2.17. The van der Waals surface area contributed by atoms with Gasteiger partial charge in [-0.15, -0.1) is 0 Å². The summed E-state index contributed by atoms with van der Waals surface area (Å²) in [6.45, 7) is 4.37. The molecule has 0 nitrogen and oxygen atoms in total. The van der Waals surface area contributed by atoms with E-state index >= 15 is 0 Å². The fourth-order valence-corrected chi connectivity index (χ4v) is 1.85. The maximum absolute atomic E-state index is 3.30. The topological polar surface area (TPSA) is 0 Å². The third kappa shape index (κ3) is 1.52. The lowest BCUT2D eigenvalue weighted by Gasteiger charge is -2.05. The lowest BCUT2D eigenvalue weighted by atomic mass is 10.00.